The Morgan fingerprint density at radius 3 is 2.97 bits per heavy atom. The molecule has 0 fully saturated rings. The number of carbonyl (C=O) groups is 1. The average molecular weight is 426 g/mol. The van der Waals surface area contributed by atoms with Crippen LogP contribution < -0.4 is 10.9 Å². The van der Waals surface area contributed by atoms with Crippen molar-refractivity contribution >= 4 is 35.1 Å². The lowest BCUT2D eigenvalue weighted by Gasteiger charge is -2.14. The summed E-state index contributed by atoms with van der Waals surface area (Å²) in [5, 5.41) is 4.73. The summed E-state index contributed by atoms with van der Waals surface area (Å²) in [6.45, 7) is 2.77. The van der Waals surface area contributed by atoms with Crippen molar-refractivity contribution in [2.75, 3.05) is 16.8 Å². The van der Waals surface area contributed by atoms with Crippen molar-refractivity contribution in [3.63, 3.8) is 0 Å². The van der Waals surface area contributed by atoms with Gasteiger partial charge in [0.15, 0.2) is 10.3 Å². The number of aryl methyl sites for hydroxylation is 2. The Morgan fingerprint density at radius 1 is 1.24 bits per heavy atom. The first-order chi connectivity index (χ1) is 14.1. The second-order valence-electron chi connectivity index (χ2n) is 7.10. The highest BCUT2D eigenvalue weighted by atomic mass is 32.2. The maximum absolute atomic E-state index is 12.8. The summed E-state index contributed by atoms with van der Waals surface area (Å²) < 4.78 is 3.78. The molecule has 2 aliphatic heterocycles. The van der Waals surface area contributed by atoms with Crippen molar-refractivity contribution in [3.8, 4) is 11.3 Å². The van der Waals surface area contributed by atoms with Crippen LogP contribution in [0.4, 0.5) is 5.69 Å². The van der Waals surface area contributed by atoms with Gasteiger partial charge in [0.2, 0.25) is 5.91 Å². The van der Waals surface area contributed by atoms with Gasteiger partial charge in [-0.3, -0.25) is 14.2 Å². The number of imidazole rings is 1. The van der Waals surface area contributed by atoms with Gasteiger partial charge < -0.3 is 9.88 Å². The van der Waals surface area contributed by atoms with Gasteiger partial charge in [0.05, 0.1) is 17.4 Å². The molecule has 2 aliphatic rings. The van der Waals surface area contributed by atoms with Gasteiger partial charge in [-0.15, -0.1) is 0 Å². The van der Waals surface area contributed by atoms with E-state index in [1.54, 1.807) is 16.3 Å². The van der Waals surface area contributed by atoms with Crippen LogP contribution >= 0.6 is 23.5 Å². The Balaban J connectivity index is 1.36. The van der Waals surface area contributed by atoms with E-state index in [2.05, 4.69) is 14.9 Å². The van der Waals surface area contributed by atoms with Crippen LogP contribution in [0.1, 0.15) is 18.2 Å². The molecule has 1 amide bonds. The van der Waals surface area contributed by atoms with Gasteiger partial charge >= 0.3 is 0 Å². The number of para-hydroxylation sites is 1. The molecule has 0 bridgehead atoms. The van der Waals surface area contributed by atoms with Crippen molar-refractivity contribution < 1.29 is 4.79 Å². The van der Waals surface area contributed by atoms with Gasteiger partial charge in [-0.1, -0.05) is 41.7 Å². The van der Waals surface area contributed by atoms with Crippen LogP contribution in [-0.2, 0) is 11.3 Å². The van der Waals surface area contributed by atoms with E-state index >= 15 is 0 Å². The third-order valence-corrected chi connectivity index (χ3v) is 7.09. The molecule has 7 nitrogen and oxygen atoms in total. The van der Waals surface area contributed by atoms with Crippen molar-refractivity contribution in [2.24, 2.45) is 0 Å². The number of anilines is 1. The first kappa shape index (κ1) is 18.5. The fourth-order valence-corrected chi connectivity index (χ4v) is 5.82. The standard InChI is InChI=1S/C20H19N5O2S2/c1-12-8-18(27)25-13(11-29-20(25)21-12)9-17(26)22-15-5-3-2-4-14(15)16-10-24-6-7-28-19(24)23-16/h2-5,8,10,13H,6-7,9,11H2,1H3,(H,22,26)/t13-/m1/s1. The molecular formula is C20H19N5O2S2. The molecule has 29 heavy (non-hydrogen) atoms. The molecule has 3 aromatic rings. The number of amides is 1. The predicted octanol–water partition coefficient (Wildman–Crippen LogP) is 3.20. The zero-order valence-electron chi connectivity index (χ0n) is 15.8. The van der Waals surface area contributed by atoms with Gasteiger partial charge in [0.1, 0.15) is 0 Å². The molecular weight excluding hydrogens is 406 g/mol. The third kappa shape index (κ3) is 3.49. The van der Waals surface area contributed by atoms with E-state index < -0.39 is 0 Å². The third-order valence-electron chi connectivity index (χ3n) is 5.02. The van der Waals surface area contributed by atoms with E-state index in [1.807, 2.05) is 37.4 Å². The second-order valence-corrected chi connectivity index (χ2v) is 9.15. The summed E-state index contributed by atoms with van der Waals surface area (Å²) in [6.07, 6.45) is 2.27. The Kier molecular flexibility index (Phi) is 4.71. The summed E-state index contributed by atoms with van der Waals surface area (Å²) in [7, 11) is 0. The molecule has 0 aliphatic carbocycles. The highest BCUT2D eigenvalue weighted by Gasteiger charge is 2.27. The van der Waals surface area contributed by atoms with E-state index in [4.69, 9.17) is 4.98 Å². The highest BCUT2D eigenvalue weighted by molar-refractivity contribution is 7.99. The highest BCUT2D eigenvalue weighted by Crippen LogP contribution is 2.34. The number of thioether (sulfide) groups is 2. The van der Waals surface area contributed by atoms with Crippen LogP contribution in [0.2, 0.25) is 0 Å². The Hall–Kier alpha value is -2.52. The molecule has 0 saturated carbocycles. The first-order valence-electron chi connectivity index (χ1n) is 9.41. The molecule has 0 saturated heterocycles. The van der Waals surface area contributed by atoms with Crippen LogP contribution in [0.15, 0.2) is 51.6 Å². The molecule has 1 N–H and O–H groups in total. The van der Waals surface area contributed by atoms with Gasteiger partial charge in [-0.25, -0.2) is 9.97 Å². The quantitative estimate of drug-likeness (QED) is 0.647. The number of rotatable bonds is 4. The minimum atomic E-state index is -0.185. The maximum Gasteiger partial charge on any atom is 0.254 e. The van der Waals surface area contributed by atoms with E-state index in [0.717, 1.165) is 34.4 Å². The summed E-state index contributed by atoms with van der Waals surface area (Å²) in [6, 6.07) is 9.03. The zero-order chi connectivity index (χ0) is 20.0. The summed E-state index contributed by atoms with van der Waals surface area (Å²) in [4.78, 5) is 34.3. The summed E-state index contributed by atoms with van der Waals surface area (Å²) in [5.41, 5.74) is 3.11. The van der Waals surface area contributed by atoms with Crippen LogP contribution in [0.3, 0.4) is 0 Å². The normalized spacial score (nSPS) is 17.2. The number of fused-ring (bicyclic) bond motifs is 2. The van der Waals surface area contributed by atoms with E-state index in [-0.39, 0.29) is 23.9 Å². The lowest BCUT2D eigenvalue weighted by atomic mass is 10.1. The molecule has 0 spiro atoms. The zero-order valence-corrected chi connectivity index (χ0v) is 17.4. The fourth-order valence-electron chi connectivity index (χ4n) is 3.68. The molecule has 2 aromatic heterocycles. The lowest BCUT2D eigenvalue weighted by Crippen LogP contribution is -2.27. The number of hydrogen-bond donors (Lipinski definition) is 1. The number of aromatic nitrogens is 4. The minimum Gasteiger partial charge on any atom is -0.325 e. The molecule has 0 unspecified atom stereocenters. The minimum absolute atomic E-state index is 0.0966. The predicted molar refractivity (Wildman–Crippen MR) is 115 cm³/mol. The second kappa shape index (κ2) is 7.38. The molecule has 148 valence electrons. The lowest BCUT2D eigenvalue weighted by molar-refractivity contribution is -0.116. The maximum atomic E-state index is 12.8. The molecule has 4 heterocycles. The van der Waals surface area contributed by atoms with Gasteiger partial charge in [0, 0.05) is 48.0 Å². The molecule has 9 heteroatoms. The van der Waals surface area contributed by atoms with Crippen molar-refractivity contribution in [1.29, 1.82) is 0 Å². The molecule has 1 aromatic carbocycles. The van der Waals surface area contributed by atoms with E-state index in [9.17, 15) is 9.59 Å². The van der Waals surface area contributed by atoms with E-state index in [1.165, 1.54) is 17.8 Å². The smallest absolute Gasteiger partial charge is 0.254 e. The van der Waals surface area contributed by atoms with Gasteiger partial charge in [-0.2, -0.15) is 0 Å². The largest absolute Gasteiger partial charge is 0.325 e. The number of benzene rings is 1. The van der Waals surface area contributed by atoms with E-state index in [0.29, 0.717) is 16.6 Å². The fraction of sp³-hybridized carbons (Fsp3) is 0.300. The monoisotopic (exact) mass is 425 g/mol. The Labute approximate surface area is 175 Å². The average Bonchev–Trinajstić information content (AvgIpc) is 3.37. The molecule has 5 rings (SSSR count). The van der Waals surface area contributed by atoms with Crippen LogP contribution in [-0.4, -0.2) is 36.5 Å². The van der Waals surface area contributed by atoms with Crippen LogP contribution in [0.25, 0.3) is 11.3 Å². The van der Waals surface area contributed by atoms with Gasteiger partial charge in [-0.05, 0) is 13.0 Å². The Bertz CT molecular complexity index is 1150. The molecule has 0 radical (unpaired) electrons. The van der Waals surface area contributed by atoms with Crippen LogP contribution in [0.5, 0.6) is 0 Å². The van der Waals surface area contributed by atoms with Gasteiger partial charge in [0.25, 0.3) is 5.56 Å². The Morgan fingerprint density at radius 2 is 2.10 bits per heavy atom. The number of nitrogens with zero attached hydrogens (tertiary/aromatic N) is 4. The summed E-state index contributed by atoms with van der Waals surface area (Å²) in [5.74, 6) is 1.60. The molecule has 1 atom stereocenters. The number of carbonyl (C=O) groups excluding carboxylic acids is 1. The van der Waals surface area contributed by atoms with Crippen molar-refractivity contribution in [3.05, 3.63) is 52.6 Å². The number of hydrogen-bond acceptors (Lipinski definition) is 6. The number of nitrogens with one attached hydrogen (secondary N) is 1. The van der Waals surface area contributed by atoms with Crippen molar-refractivity contribution in [1.82, 2.24) is 19.1 Å². The SMILES string of the molecule is Cc1cc(=O)n2c(n1)SC[C@H]2CC(=O)Nc1ccccc1-c1cn2c(n1)SCC2. The first-order valence-corrected chi connectivity index (χ1v) is 11.4. The summed E-state index contributed by atoms with van der Waals surface area (Å²) >= 11 is 3.27. The topological polar surface area (TPSA) is 81.8 Å². The van der Waals surface area contributed by atoms with Crippen molar-refractivity contribution in [2.45, 2.75) is 36.2 Å². The van der Waals surface area contributed by atoms with Crippen LogP contribution in [0, 0.1) is 6.92 Å².